The Morgan fingerprint density at radius 2 is 2.12 bits per heavy atom. The van der Waals surface area contributed by atoms with Crippen LogP contribution in [0.2, 0.25) is 0 Å². The second kappa shape index (κ2) is 5.25. The molecule has 86 valence electrons. The van der Waals surface area contributed by atoms with Crippen molar-refractivity contribution < 1.29 is 4.74 Å². The summed E-state index contributed by atoms with van der Waals surface area (Å²) >= 11 is 8.29. The fourth-order valence-corrected chi connectivity index (χ4v) is 1.85. The van der Waals surface area contributed by atoms with Gasteiger partial charge in [-0.25, -0.2) is 4.98 Å². The van der Waals surface area contributed by atoms with Crippen LogP contribution >= 0.6 is 28.1 Å². The number of ether oxygens (including phenoxy) is 1. The van der Waals surface area contributed by atoms with E-state index < -0.39 is 0 Å². The Kier molecular flexibility index (Phi) is 3.71. The van der Waals surface area contributed by atoms with E-state index in [9.17, 15) is 0 Å². The van der Waals surface area contributed by atoms with Crippen LogP contribution in [0.3, 0.4) is 0 Å². The highest BCUT2D eigenvalue weighted by Gasteiger charge is 2.08. The molecule has 0 radical (unpaired) electrons. The summed E-state index contributed by atoms with van der Waals surface area (Å²) in [5.74, 6) is 1.25. The normalized spacial score (nSPS) is 9.94. The lowest BCUT2D eigenvalue weighted by Crippen LogP contribution is -2.12. The van der Waals surface area contributed by atoms with E-state index in [0.29, 0.717) is 17.2 Å². The molecule has 0 fully saturated rings. The van der Waals surface area contributed by atoms with Gasteiger partial charge in [-0.2, -0.15) is 0 Å². The predicted octanol–water partition coefficient (Wildman–Crippen LogP) is 3.27. The van der Waals surface area contributed by atoms with Gasteiger partial charge in [-0.1, -0.05) is 34.2 Å². The van der Waals surface area contributed by atoms with E-state index in [1.807, 2.05) is 24.3 Å². The third-order valence-corrected chi connectivity index (χ3v) is 2.71. The zero-order valence-corrected chi connectivity index (χ0v) is 11.2. The van der Waals surface area contributed by atoms with E-state index in [2.05, 4.69) is 20.9 Å². The van der Waals surface area contributed by atoms with Crippen LogP contribution < -0.4 is 10.5 Å². The lowest BCUT2D eigenvalue weighted by molar-refractivity contribution is 0.479. The third-order valence-electron chi connectivity index (χ3n) is 2.03. The summed E-state index contributed by atoms with van der Waals surface area (Å²) in [7, 11) is 0. The number of nitrogens with two attached hydrogens (primary N) is 1. The Hall–Kier alpha value is -1.46. The molecule has 1 aromatic carbocycles. The fourth-order valence-electron chi connectivity index (χ4n) is 1.32. The Morgan fingerprint density at radius 1 is 1.29 bits per heavy atom. The topological polar surface area (TPSA) is 48.1 Å². The molecule has 3 nitrogen and oxygen atoms in total. The number of pyridine rings is 1. The Balaban J connectivity index is 2.33. The molecule has 2 N–H and O–H groups in total. The molecule has 2 rings (SSSR count). The number of hydrogen-bond acceptors (Lipinski definition) is 3. The number of hydrogen-bond donors (Lipinski definition) is 1. The molecule has 5 heteroatoms. The minimum Gasteiger partial charge on any atom is -0.455 e. The maximum atomic E-state index is 5.69. The summed E-state index contributed by atoms with van der Waals surface area (Å²) in [5, 5.41) is 0. The van der Waals surface area contributed by atoms with Crippen molar-refractivity contribution in [3.05, 3.63) is 52.8 Å². The number of benzene rings is 1. The van der Waals surface area contributed by atoms with E-state index in [1.165, 1.54) is 0 Å². The van der Waals surface area contributed by atoms with E-state index in [0.717, 1.165) is 4.47 Å². The van der Waals surface area contributed by atoms with Crippen molar-refractivity contribution in [3.63, 3.8) is 0 Å². The fraction of sp³-hybridized carbons (Fsp3) is 0. The molecule has 0 aliphatic rings. The van der Waals surface area contributed by atoms with Gasteiger partial charge >= 0.3 is 0 Å². The van der Waals surface area contributed by atoms with Gasteiger partial charge in [0.15, 0.2) is 5.75 Å². The highest BCUT2D eigenvalue weighted by Crippen LogP contribution is 2.26. The smallest absolute Gasteiger partial charge is 0.156 e. The summed E-state index contributed by atoms with van der Waals surface area (Å²) in [5.41, 5.74) is 6.07. The van der Waals surface area contributed by atoms with Crippen LogP contribution in [0.4, 0.5) is 0 Å². The molecule has 2 aromatic rings. The van der Waals surface area contributed by atoms with Gasteiger partial charge in [0.25, 0.3) is 0 Å². The molecule has 0 bridgehead atoms. The van der Waals surface area contributed by atoms with Crippen LogP contribution in [0.5, 0.6) is 11.5 Å². The number of aromatic nitrogens is 1. The highest BCUT2D eigenvalue weighted by molar-refractivity contribution is 9.10. The molecule has 0 aliphatic heterocycles. The largest absolute Gasteiger partial charge is 0.455 e. The Labute approximate surface area is 113 Å². The van der Waals surface area contributed by atoms with Gasteiger partial charge < -0.3 is 10.5 Å². The van der Waals surface area contributed by atoms with Crippen LogP contribution in [0.15, 0.2) is 47.1 Å². The Morgan fingerprint density at radius 3 is 2.82 bits per heavy atom. The van der Waals surface area contributed by atoms with Gasteiger partial charge in [0.2, 0.25) is 0 Å². The van der Waals surface area contributed by atoms with E-state index >= 15 is 0 Å². The van der Waals surface area contributed by atoms with Gasteiger partial charge in [-0.3, -0.25) is 0 Å². The summed E-state index contributed by atoms with van der Waals surface area (Å²) in [4.78, 5) is 4.31. The minimum absolute atomic E-state index is 0.218. The SMILES string of the molecule is NC(=S)c1ncccc1Oc1cccc(Br)c1. The molecule has 0 unspecified atom stereocenters. The van der Waals surface area contributed by atoms with Gasteiger partial charge in [0.1, 0.15) is 16.4 Å². The third kappa shape index (κ3) is 3.01. The monoisotopic (exact) mass is 308 g/mol. The molecule has 0 saturated heterocycles. The zero-order valence-electron chi connectivity index (χ0n) is 8.76. The zero-order chi connectivity index (χ0) is 12.3. The first-order chi connectivity index (χ1) is 8.16. The summed E-state index contributed by atoms with van der Waals surface area (Å²) in [6.07, 6.45) is 1.63. The van der Waals surface area contributed by atoms with Crippen molar-refractivity contribution in [2.45, 2.75) is 0 Å². The number of halogens is 1. The van der Waals surface area contributed by atoms with Crippen molar-refractivity contribution >= 4 is 33.1 Å². The van der Waals surface area contributed by atoms with Crippen molar-refractivity contribution in [3.8, 4) is 11.5 Å². The molecular weight excluding hydrogens is 300 g/mol. The second-order valence-electron chi connectivity index (χ2n) is 3.27. The first kappa shape index (κ1) is 12.0. The van der Waals surface area contributed by atoms with Gasteiger partial charge in [-0.15, -0.1) is 0 Å². The lowest BCUT2D eigenvalue weighted by atomic mass is 10.3. The first-order valence-corrected chi connectivity index (χ1v) is 6.05. The maximum absolute atomic E-state index is 5.69. The number of rotatable bonds is 3. The van der Waals surface area contributed by atoms with Crippen molar-refractivity contribution in [1.29, 1.82) is 0 Å². The minimum atomic E-state index is 0.218. The summed E-state index contributed by atoms with van der Waals surface area (Å²) in [6, 6.07) is 11.1. The van der Waals surface area contributed by atoms with E-state index in [1.54, 1.807) is 18.3 Å². The van der Waals surface area contributed by atoms with Crippen LogP contribution in [-0.2, 0) is 0 Å². The first-order valence-electron chi connectivity index (χ1n) is 4.85. The molecule has 0 atom stereocenters. The average molecular weight is 309 g/mol. The van der Waals surface area contributed by atoms with Crippen molar-refractivity contribution in [2.24, 2.45) is 5.73 Å². The van der Waals surface area contributed by atoms with Crippen LogP contribution in [-0.4, -0.2) is 9.97 Å². The second-order valence-corrected chi connectivity index (χ2v) is 4.63. The summed E-state index contributed by atoms with van der Waals surface area (Å²) < 4.78 is 6.63. The molecule has 1 heterocycles. The summed E-state index contributed by atoms with van der Waals surface area (Å²) in [6.45, 7) is 0. The number of thiocarbonyl (C=S) groups is 1. The molecule has 0 aliphatic carbocycles. The van der Waals surface area contributed by atoms with Gasteiger partial charge in [-0.05, 0) is 30.3 Å². The van der Waals surface area contributed by atoms with Crippen molar-refractivity contribution in [2.75, 3.05) is 0 Å². The number of nitrogens with zero attached hydrogens (tertiary/aromatic N) is 1. The maximum Gasteiger partial charge on any atom is 0.156 e. The van der Waals surface area contributed by atoms with Crippen LogP contribution in [0.1, 0.15) is 5.69 Å². The predicted molar refractivity (Wildman–Crippen MR) is 74.3 cm³/mol. The quantitative estimate of drug-likeness (QED) is 0.884. The molecule has 0 spiro atoms. The standard InChI is InChI=1S/C12H9BrN2OS/c13-8-3-1-4-9(7-8)16-10-5-2-6-15-11(10)12(14)17/h1-7H,(H2,14,17). The van der Waals surface area contributed by atoms with Crippen molar-refractivity contribution in [1.82, 2.24) is 4.98 Å². The molecule has 17 heavy (non-hydrogen) atoms. The van der Waals surface area contributed by atoms with Gasteiger partial charge in [0, 0.05) is 10.7 Å². The Bertz CT molecular complexity index is 560. The van der Waals surface area contributed by atoms with Crippen LogP contribution in [0, 0.1) is 0 Å². The molecule has 1 aromatic heterocycles. The van der Waals surface area contributed by atoms with E-state index in [-0.39, 0.29) is 4.99 Å². The van der Waals surface area contributed by atoms with Crippen LogP contribution in [0.25, 0.3) is 0 Å². The average Bonchev–Trinajstić information content (AvgIpc) is 2.29. The highest BCUT2D eigenvalue weighted by atomic mass is 79.9. The van der Waals surface area contributed by atoms with E-state index in [4.69, 9.17) is 22.7 Å². The molecule has 0 amide bonds. The lowest BCUT2D eigenvalue weighted by Gasteiger charge is -2.09. The van der Waals surface area contributed by atoms with Gasteiger partial charge in [0.05, 0.1) is 0 Å². The molecule has 0 saturated carbocycles. The molecular formula is C12H9BrN2OS.